The van der Waals surface area contributed by atoms with Crippen LogP contribution in [0, 0.1) is 6.92 Å². The van der Waals surface area contributed by atoms with Crippen molar-refractivity contribution in [2.24, 2.45) is 0 Å². The van der Waals surface area contributed by atoms with Crippen LogP contribution in [0.25, 0.3) is 0 Å². The molecular weight excluding hydrogens is 371 g/mol. The van der Waals surface area contributed by atoms with E-state index < -0.39 is 49.2 Å². The number of fused-ring (bicyclic) bond motifs is 1. The number of ether oxygens (including phenoxy) is 4. The van der Waals surface area contributed by atoms with E-state index in [1.165, 1.54) is 0 Å². The van der Waals surface area contributed by atoms with Crippen LogP contribution in [0.3, 0.4) is 0 Å². The molecule has 3 aliphatic heterocycles. The average Bonchev–Trinajstić information content (AvgIpc) is 3.10. The molecule has 0 spiro atoms. The fourth-order valence-electron chi connectivity index (χ4n) is 3.92. The smallest absolute Gasteiger partial charge is 0.262 e. The molecule has 0 aromatic heterocycles. The van der Waals surface area contributed by atoms with Crippen LogP contribution in [0.15, 0.2) is 24.3 Å². The van der Waals surface area contributed by atoms with Crippen LogP contribution in [0.2, 0.25) is 0 Å². The van der Waals surface area contributed by atoms with Gasteiger partial charge in [-0.1, -0.05) is 17.7 Å². The summed E-state index contributed by atoms with van der Waals surface area (Å²) in [6.45, 7) is 9.40. The quantitative estimate of drug-likeness (QED) is 0.766. The van der Waals surface area contributed by atoms with Crippen LogP contribution in [-0.4, -0.2) is 53.5 Å². The number of rotatable bonds is 2. The first kappa shape index (κ1) is 19.5. The molecule has 1 aromatic rings. The van der Waals surface area contributed by atoms with Crippen molar-refractivity contribution in [3.8, 4) is 0 Å². The average molecular weight is 398 g/mol. The second-order valence-electron chi connectivity index (χ2n) is 8.35. The zero-order valence-electron chi connectivity index (χ0n) is 16.2. The second kappa shape index (κ2) is 6.36. The molecule has 0 bridgehead atoms. The number of aryl methyl sites for hydroxylation is 1. The lowest BCUT2D eigenvalue weighted by atomic mass is 10.0. The highest BCUT2D eigenvalue weighted by Gasteiger charge is 2.62. The van der Waals surface area contributed by atoms with Gasteiger partial charge < -0.3 is 28.6 Å². The zero-order valence-corrected chi connectivity index (χ0v) is 17.1. The third kappa shape index (κ3) is 3.40. The van der Waals surface area contributed by atoms with E-state index in [0.717, 1.165) is 5.56 Å². The van der Waals surface area contributed by atoms with E-state index in [2.05, 4.69) is 0 Å². The summed E-state index contributed by atoms with van der Waals surface area (Å²) in [5.74, 6) is -3.00. The Kier molecular flexibility index (Phi) is 4.60. The van der Waals surface area contributed by atoms with Gasteiger partial charge in [-0.05, 0) is 46.8 Å². The van der Waals surface area contributed by atoms with Crippen molar-refractivity contribution in [2.45, 2.75) is 76.5 Å². The first-order valence-corrected chi connectivity index (χ1v) is 10.9. The molecule has 6 atom stereocenters. The van der Waals surface area contributed by atoms with Gasteiger partial charge in [-0.3, -0.25) is 4.57 Å². The van der Waals surface area contributed by atoms with Gasteiger partial charge in [-0.15, -0.1) is 0 Å². The summed E-state index contributed by atoms with van der Waals surface area (Å²) in [7, 11) is -3.64. The summed E-state index contributed by atoms with van der Waals surface area (Å²) in [5, 5.41) is 11.4. The highest BCUT2D eigenvalue weighted by molar-refractivity contribution is 7.67. The van der Waals surface area contributed by atoms with Gasteiger partial charge in [0.2, 0.25) is 0 Å². The van der Waals surface area contributed by atoms with Crippen LogP contribution in [0.5, 0.6) is 0 Å². The summed E-state index contributed by atoms with van der Waals surface area (Å²) in [5.41, 5.74) is 1.03. The molecule has 27 heavy (non-hydrogen) atoms. The SMILES string of the molecule is Cc1ccc([P@]2(=O)O[C@H]([C@H]3COC(C)(C)O3)[C@@H]3OC(C)(C)O[C@@H]3[C@@H]2O)cc1. The van der Waals surface area contributed by atoms with E-state index in [-0.39, 0.29) is 6.61 Å². The first-order valence-electron chi connectivity index (χ1n) is 9.22. The summed E-state index contributed by atoms with van der Waals surface area (Å²) in [6, 6.07) is 7.15. The van der Waals surface area contributed by atoms with Crippen molar-refractivity contribution in [3.05, 3.63) is 29.8 Å². The molecule has 3 aliphatic rings. The van der Waals surface area contributed by atoms with Gasteiger partial charge in [-0.2, -0.15) is 0 Å². The molecule has 0 amide bonds. The molecule has 7 nitrogen and oxygen atoms in total. The molecular formula is C19H27O7P. The minimum absolute atomic E-state index is 0.286. The fraction of sp³-hybridized carbons (Fsp3) is 0.684. The minimum Gasteiger partial charge on any atom is -0.380 e. The van der Waals surface area contributed by atoms with E-state index in [0.29, 0.717) is 5.30 Å². The number of hydrogen-bond donors (Lipinski definition) is 1. The van der Waals surface area contributed by atoms with Crippen LogP contribution < -0.4 is 5.30 Å². The van der Waals surface area contributed by atoms with Gasteiger partial charge in [0.1, 0.15) is 24.4 Å². The highest BCUT2D eigenvalue weighted by Crippen LogP contribution is 2.60. The maximum atomic E-state index is 13.9. The van der Waals surface area contributed by atoms with E-state index in [1.54, 1.807) is 26.0 Å². The molecule has 150 valence electrons. The van der Waals surface area contributed by atoms with E-state index in [1.807, 2.05) is 32.9 Å². The van der Waals surface area contributed by atoms with E-state index in [4.69, 9.17) is 23.5 Å². The normalized spacial score (nSPS) is 42.8. The summed E-state index contributed by atoms with van der Waals surface area (Å²) >= 11 is 0. The monoisotopic (exact) mass is 398 g/mol. The van der Waals surface area contributed by atoms with Gasteiger partial charge in [0, 0.05) is 5.30 Å². The maximum Gasteiger partial charge on any atom is 0.262 e. The lowest BCUT2D eigenvalue weighted by Gasteiger charge is -2.41. The van der Waals surface area contributed by atoms with Crippen molar-refractivity contribution < 1.29 is 33.1 Å². The van der Waals surface area contributed by atoms with Crippen molar-refractivity contribution in [3.63, 3.8) is 0 Å². The van der Waals surface area contributed by atoms with E-state index in [9.17, 15) is 9.67 Å². The molecule has 8 heteroatoms. The second-order valence-corrected chi connectivity index (χ2v) is 10.8. The van der Waals surface area contributed by atoms with Gasteiger partial charge in [-0.25, -0.2) is 0 Å². The largest absolute Gasteiger partial charge is 0.380 e. The molecule has 0 saturated carbocycles. The van der Waals surface area contributed by atoms with Gasteiger partial charge in [0.25, 0.3) is 7.37 Å². The lowest BCUT2D eigenvalue weighted by molar-refractivity contribution is -0.174. The fourth-order valence-corrected chi connectivity index (χ4v) is 6.27. The number of aliphatic hydroxyl groups excluding tert-OH is 1. The summed E-state index contributed by atoms with van der Waals surface area (Å²) in [4.78, 5) is 0. The zero-order chi connectivity index (χ0) is 19.6. The van der Waals surface area contributed by atoms with Crippen molar-refractivity contribution in [2.75, 3.05) is 6.61 Å². The molecule has 3 fully saturated rings. The van der Waals surface area contributed by atoms with Gasteiger partial charge >= 0.3 is 0 Å². The predicted octanol–water partition coefficient (Wildman–Crippen LogP) is 2.29. The van der Waals surface area contributed by atoms with Crippen LogP contribution in [0.4, 0.5) is 0 Å². The molecule has 0 radical (unpaired) electrons. The van der Waals surface area contributed by atoms with Crippen LogP contribution in [-0.2, 0) is 28.0 Å². The Morgan fingerprint density at radius 3 is 2.19 bits per heavy atom. The predicted molar refractivity (Wildman–Crippen MR) is 98.0 cm³/mol. The topological polar surface area (TPSA) is 83.5 Å². The van der Waals surface area contributed by atoms with Crippen molar-refractivity contribution in [1.29, 1.82) is 0 Å². The molecule has 3 heterocycles. The maximum absolute atomic E-state index is 13.9. The molecule has 3 saturated heterocycles. The number of hydrogen-bond acceptors (Lipinski definition) is 7. The van der Waals surface area contributed by atoms with Crippen molar-refractivity contribution in [1.82, 2.24) is 0 Å². The van der Waals surface area contributed by atoms with Gasteiger partial charge in [0.05, 0.1) is 6.61 Å². The molecule has 0 unspecified atom stereocenters. The number of aliphatic hydroxyl groups is 1. The van der Waals surface area contributed by atoms with E-state index >= 15 is 0 Å². The Hall–Kier alpha value is -0.790. The third-order valence-electron chi connectivity index (χ3n) is 5.20. The summed E-state index contributed by atoms with van der Waals surface area (Å²) < 4.78 is 43.5. The van der Waals surface area contributed by atoms with Crippen LogP contribution >= 0.6 is 7.37 Å². The Labute approximate surface area is 159 Å². The first-order chi connectivity index (χ1) is 12.5. The molecule has 0 aliphatic carbocycles. The Bertz CT molecular complexity index is 760. The Morgan fingerprint density at radius 2 is 1.59 bits per heavy atom. The molecule has 1 N–H and O–H groups in total. The Morgan fingerprint density at radius 1 is 0.963 bits per heavy atom. The highest BCUT2D eigenvalue weighted by atomic mass is 31.2. The molecule has 4 rings (SSSR count). The van der Waals surface area contributed by atoms with Crippen LogP contribution in [0.1, 0.15) is 33.3 Å². The molecule has 1 aromatic carbocycles. The lowest BCUT2D eigenvalue weighted by Crippen LogP contribution is -2.55. The number of benzene rings is 1. The Balaban J connectivity index is 1.72. The standard InChI is InChI=1S/C19H27O7P/c1-11-6-8-12(9-7-11)27(21)17(20)16-15(24-19(4,5)25-16)14(26-27)13-10-22-18(2,3)23-13/h6-9,13-17,20H,10H2,1-5H3/t13-,14-,15+,16+,17-,27+/m1/s1. The minimum atomic E-state index is -3.64. The van der Waals surface area contributed by atoms with Crippen molar-refractivity contribution >= 4 is 12.7 Å². The summed E-state index contributed by atoms with van der Waals surface area (Å²) in [6.07, 6.45) is -2.55. The third-order valence-corrected chi connectivity index (χ3v) is 7.76. The van der Waals surface area contributed by atoms with Gasteiger partial charge in [0.15, 0.2) is 17.4 Å².